The van der Waals surface area contributed by atoms with Crippen molar-refractivity contribution < 1.29 is 14.3 Å². The van der Waals surface area contributed by atoms with Crippen molar-refractivity contribution in [1.82, 2.24) is 14.8 Å². The van der Waals surface area contributed by atoms with Gasteiger partial charge in [-0.1, -0.05) is 78.9 Å². The van der Waals surface area contributed by atoms with Crippen molar-refractivity contribution in [1.29, 1.82) is 0 Å². The van der Waals surface area contributed by atoms with E-state index in [9.17, 15) is 14.4 Å². The maximum absolute atomic E-state index is 13.2. The highest BCUT2D eigenvalue weighted by Crippen LogP contribution is 2.30. The molecule has 0 radical (unpaired) electrons. The second-order valence-electron chi connectivity index (χ2n) is 7.99. The number of aromatic nitrogens is 3. The van der Waals surface area contributed by atoms with Crippen LogP contribution in [0.4, 0.5) is 0 Å². The van der Waals surface area contributed by atoms with Gasteiger partial charge in [-0.05, 0) is 23.3 Å². The van der Waals surface area contributed by atoms with E-state index in [2.05, 4.69) is 10.1 Å². The second kappa shape index (κ2) is 9.61. The van der Waals surface area contributed by atoms with E-state index >= 15 is 0 Å². The molecule has 5 aromatic rings. The second-order valence-corrected chi connectivity index (χ2v) is 7.99. The molecule has 0 saturated carbocycles. The van der Waals surface area contributed by atoms with Crippen LogP contribution in [0.2, 0.25) is 0 Å². The summed E-state index contributed by atoms with van der Waals surface area (Å²) < 4.78 is 6.51. The quantitative estimate of drug-likeness (QED) is 0.284. The number of carbonyl (C=O) groups is 2. The van der Waals surface area contributed by atoms with Crippen molar-refractivity contribution in [2.24, 2.45) is 0 Å². The van der Waals surface area contributed by atoms with Gasteiger partial charge in [0.05, 0.1) is 17.8 Å². The van der Waals surface area contributed by atoms with Gasteiger partial charge in [-0.25, -0.2) is 9.48 Å². The van der Waals surface area contributed by atoms with Crippen LogP contribution in [0.1, 0.15) is 26.4 Å². The molecular weight excluding hydrogens is 442 g/mol. The number of ether oxygens (including phenoxy) is 1. The first kappa shape index (κ1) is 22.0. The lowest BCUT2D eigenvalue weighted by molar-refractivity contribution is 0.0467. The van der Waals surface area contributed by atoms with E-state index in [1.165, 1.54) is 16.8 Å². The minimum absolute atomic E-state index is 0.0458. The molecule has 3 aromatic carbocycles. The molecule has 35 heavy (non-hydrogen) atoms. The number of hydrogen-bond donors (Lipinski definition) is 1. The number of para-hydroxylation sites is 1. The molecule has 0 aliphatic rings. The Labute approximate surface area is 200 Å². The maximum Gasteiger partial charge on any atom is 0.359 e. The first-order valence-corrected chi connectivity index (χ1v) is 11.1. The molecule has 0 spiro atoms. The highest BCUT2D eigenvalue weighted by atomic mass is 16.5. The van der Waals surface area contributed by atoms with Crippen molar-refractivity contribution in [2.45, 2.75) is 6.54 Å². The summed E-state index contributed by atoms with van der Waals surface area (Å²) in [5.41, 5.74) is 3.28. The van der Waals surface area contributed by atoms with Crippen LogP contribution in [-0.4, -0.2) is 33.1 Å². The molecule has 172 valence electrons. The largest absolute Gasteiger partial charge is 0.453 e. The number of ketones is 1. The summed E-state index contributed by atoms with van der Waals surface area (Å²) in [5, 5.41) is 4.89. The summed E-state index contributed by atoms with van der Waals surface area (Å²) in [6, 6.07) is 28.9. The number of esters is 1. The van der Waals surface area contributed by atoms with Gasteiger partial charge in [0, 0.05) is 17.0 Å². The van der Waals surface area contributed by atoms with Gasteiger partial charge in [-0.3, -0.25) is 9.59 Å². The molecule has 7 nitrogen and oxygen atoms in total. The molecular formula is C28H21N3O4. The van der Waals surface area contributed by atoms with Gasteiger partial charge in [0.1, 0.15) is 0 Å². The molecule has 0 amide bonds. The fourth-order valence-corrected chi connectivity index (χ4v) is 3.96. The minimum Gasteiger partial charge on any atom is -0.453 e. The predicted octanol–water partition coefficient (Wildman–Crippen LogP) is 4.48. The molecule has 5 rings (SSSR count). The van der Waals surface area contributed by atoms with Gasteiger partial charge >= 0.3 is 5.97 Å². The van der Waals surface area contributed by atoms with Crippen LogP contribution in [0, 0.1) is 0 Å². The Balaban J connectivity index is 1.37. The van der Waals surface area contributed by atoms with Gasteiger partial charge in [0.2, 0.25) is 5.78 Å². The summed E-state index contributed by atoms with van der Waals surface area (Å²) in [5.74, 6) is -1.12. The van der Waals surface area contributed by atoms with E-state index in [1.807, 2.05) is 84.9 Å². The lowest BCUT2D eigenvalue weighted by Gasteiger charge is -2.08. The molecule has 0 bridgehead atoms. The first-order chi connectivity index (χ1) is 17.1. The lowest BCUT2D eigenvalue weighted by Crippen LogP contribution is -2.26. The third kappa shape index (κ3) is 4.65. The van der Waals surface area contributed by atoms with Gasteiger partial charge in [0.15, 0.2) is 12.3 Å². The number of benzene rings is 3. The van der Waals surface area contributed by atoms with Crippen LogP contribution in [-0.2, 0) is 11.3 Å². The molecule has 2 aromatic heterocycles. The molecule has 0 atom stereocenters. The average molecular weight is 463 g/mol. The highest BCUT2D eigenvalue weighted by Gasteiger charge is 2.21. The third-order valence-electron chi connectivity index (χ3n) is 5.63. The Bertz CT molecular complexity index is 1570. The topological polar surface area (TPSA) is 94.0 Å². The normalized spacial score (nSPS) is 10.9. The van der Waals surface area contributed by atoms with Gasteiger partial charge in [0.25, 0.3) is 5.56 Å². The summed E-state index contributed by atoms with van der Waals surface area (Å²) in [6.45, 7) is -0.241. The Morgan fingerprint density at radius 1 is 0.829 bits per heavy atom. The van der Waals surface area contributed by atoms with E-state index in [4.69, 9.17) is 4.74 Å². The smallest absolute Gasteiger partial charge is 0.359 e. The number of aromatic amines is 1. The number of Topliss-reactive ketones (excluding diaryl/α,β-unsaturated/α-hetero) is 1. The van der Waals surface area contributed by atoms with E-state index in [-0.39, 0.29) is 23.6 Å². The van der Waals surface area contributed by atoms with Crippen LogP contribution in [0.15, 0.2) is 102 Å². The molecule has 1 N–H and O–H groups in total. The number of nitrogens with zero attached hydrogens (tertiary/aromatic N) is 2. The predicted molar refractivity (Wildman–Crippen MR) is 132 cm³/mol. The number of nitrogens with one attached hydrogen (secondary N) is 1. The summed E-state index contributed by atoms with van der Waals surface area (Å²) in [7, 11) is 0. The van der Waals surface area contributed by atoms with Crippen LogP contribution >= 0.6 is 0 Å². The van der Waals surface area contributed by atoms with Crippen LogP contribution < -0.4 is 5.56 Å². The number of carbonyl (C=O) groups excluding carboxylic acids is 2. The monoisotopic (exact) mass is 463 g/mol. The first-order valence-electron chi connectivity index (χ1n) is 11.1. The van der Waals surface area contributed by atoms with Crippen LogP contribution in [0.25, 0.3) is 22.2 Å². The maximum atomic E-state index is 13.2. The zero-order valence-corrected chi connectivity index (χ0v) is 18.7. The van der Waals surface area contributed by atoms with Crippen molar-refractivity contribution in [3.8, 4) is 11.3 Å². The molecule has 2 heterocycles. The zero-order valence-electron chi connectivity index (χ0n) is 18.7. The zero-order chi connectivity index (χ0) is 24.2. The molecule has 7 heteroatoms. The van der Waals surface area contributed by atoms with E-state index in [0.29, 0.717) is 11.3 Å². The summed E-state index contributed by atoms with van der Waals surface area (Å²) in [4.78, 5) is 41.4. The summed E-state index contributed by atoms with van der Waals surface area (Å²) in [6.07, 6.45) is 0. The van der Waals surface area contributed by atoms with Crippen molar-refractivity contribution in [3.05, 3.63) is 124 Å². The van der Waals surface area contributed by atoms with Crippen molar-refractivity contribution in [2.75, 3.05) is 6.61 Å². The van der Waals surface area contributed by atoms with Crippen LogP contribution in [0.3, 0.4) is 0 Å². The van der Waals surface area contributed by atoms with Crippen LogP contribution in [0.5, 0.6) is 0 Å². The Kier molecular flexibility index (Phi) is 6.05. The van der Waals surface area contributed by atoms with Gasteiger partial charge in [-0.15, -0.1) is 0 Å². The van der Waals surface area contributed by atoms with Gasteiger partial charge < -0.3 is 9.72 Å². The average Bonchev–Trinajstić information content (AvgIpc) is 3.29. The lowest BCUT2D eigenvalue weighted by atomic mass is 10.0. The molecule has 0 fully saturated rings. The van der Waals surface area contributed by atoms with Gasteiger partial charge in [-0.2, -0.15) is 5.10 Å². The number of rotatable bonds is 7. The molecule has 0 saturated heterocycles. The molecule has 0 unspecified atom stereocenters. The minimum atomic E-state index is -0.777. The molecule has 0 aliphatic heterocycles. The standard InChI is InChI=1S/C28H21N3O4/c32-24(26-21-13-7-8-14-22(21)29-27(26)20-11-5-2-6-12-20)18-35-28(34)23-15-16-25(33)31(30-23)17-19-9-3-1-4-10-19/h1-16,29H,17-18H2. The fraction of sp³-hybridized carbons (Fsp3) is 0.0714. The van der Waals surface area contributed by atoms with Crippen molar-refractivity contribution in [3.63, 3.8) is 0 Å². The molecule has 0 aliphatic carbocycles. The fourth-order valence-electron chi connectivity index (χ4n) is 3.96. The number of fused-ring (bicyclic) bond motifs is 1. The summed E-state index contributed by atoms with van der Waals surface area (Å²) >= 11 is 0. The SMILES string of the molecule is O=C(OCC(=O)c1c(-c2ccccc2)[nH]c2ccccc12)c1ccc(=O)n(Cc2ccccc2)n1. The van der Waals surface area contributed by atoms with E-state index in [1.54, 1.807) is 0 Å². The Morgan fingerprint density at radius 3 is 2.29 bits per heavy atom. The Morgan fingerprint density at radius 2 is 1.51 bits per heavy atom. The van der Waals surface area contributed by atoms with E-state index < -0.39 is 12.6 Å². The van der Waals surface area contributed by atoms with Crippen molar-refractivity contribution >= 4 is 22.7 Å². The van der Waals surface area contributed by atoms with E-state index in [0.717, 1.165) is 22.0 Å². The third-order valence-corrected chi connectivity index (χ3v) is 5.63. The number of H-pyrrole nitrogens is 1. The Hall–Kier alpha value is -4.78. The highest BCUT2D eigenvalue weighted by molar-refractivity contribution is 6.14. The number of hydrogen-bond acceptors (Lipinski definition) is 5.